The van der Waals surface area contributed by atoms with Gasteiger partial charge in [-0.25, -0.2) is 4.79 Å². The summed E-state index contributed by atoms with van der Waals surface area (Å²) in [6.45, 7) is 2.28. The topological polar surface area (TPSA) is 104 Å². The fourth-order valence-corrected chi connectivity index (χ4v) is 3.75. The molecule has 1 unspecified atom stereocenters. The van der Waals surface area contributed by atoms with Gasteiger partial charge in [0.05, 0.1) is 6.04 Å². The molecule has 0 saturated carbocycles. The van der Waals surface area contributed by atoms with E-state index in [-0.39, 0.29) is 11.6 Å². The minimum atomic E-state index is -1.45. The van der Waals surface area contributed by atoms with Crippen molar-refractivity contribution in [3.05, 3.63) is 80.6 Å². The van der Waals surface area contributed by atoms with Gasteiger partial charge in [0, 0.05) is 38.2 Å². The first-order valence-electron chi connectivity index (χ1n) is 8.94. The van der Waals surface area contributed by atoms with Gasteiger partial charge < -0.3 is 19.2 Å². The minimum absolute atomic E-state index is 0.0881. The van der Waals surface area contributed by atoms with Gasteiger partial charge >= 0.3 is 5.97 Å². The zero-order valence-corrected chi connectivity index (χ0v) is 15.0. The second-order valence-electron chi connectivity index (χ2n) is 6.96. The van der Waals surface area contributed by atoms with E-state index in [2.05, 4.69) is 17.0 Å². The molecule has 1 saturated heterocycles. The molecule has 1 fully saturated rings. The van der Waals surface area contributed by atoms with Crippen molar-refractivity contribution in [3.8, 4) is 5.75 Å². The average Bonchev–Trinajstić information content (AvgIpc) is 3.13. The van der Waals surface area contributed by atoms with Crippen molar-refractivity contribution >= 4 is 11.5 Å². The highest BCUT2D eigenvalue weighted by atomic mass is 16.4. The van der Waals surface area contributed by atoms with Crippen molar-refractivity contribution in [2.45, 2.75) is 19.0 Å². The Balaban J connectivity index is 1.67. The van der Waals surface area contributed by atoms with Gasteiger partial charge in [-0.1, -0.05) is 30.3 Å². The van der Waals surface area contributed by atoms with Crippen LogP contribution in [0.25, 0.3) is 5.52 Å². The van der Waals surface area contributed by atoms with Crippen molar-refractivity contribution in [1.82, 2.24) is 13.9 Å². The third kappa shape index (κ3) is 3.07. The first-order valence-corrected chi connectivity index (χ1v) is 8.94. The first-order chi connectivity index (χ1) is 13.5. The van der Waals surface area contributed by atoms with E-state index in [9.17, 15) is 19.5 Å². The Morgan fingerprint density at radius 2 is 1.89 bits per heavy atom. The molecule has 0 aliphatic carbocycles. The van der Waals surface area contributed by atoms with Crippen LogP contribution in [-0.2, 0) is 6.54 Å². The molecule has 3 aromatic rings. The van der Waals surface area contributed by atoms with Crippen molar-refractivity contribution in [3.63, 3.8) is 0 Å². The Kier molecular flexibility index (Phi) is 4.48. The lowest BCUT2D eigenvalue weighted by Gasteiger charge is -2.18. The molecule has 28 heavy (non-hydrogen) atoms. The molecule has 1 aromatic carbocycles. The van der Waals surface area contributed by atoms with Gasteiger partial charge in [0.1, 0.15) is 5.56 Å². The Morgan fingerprint density at radius 3 is 2.61 bits per heavy atom. The van der Waals surface area contributed by atoms with Gasteiger partial charge in [-0.05, 0) is 12.0 Å². The number of pyridine rings is 1. The maximum Gasteiger partial charge on any atom is 0.341 e. The maximum atomic E-state index is 12.9. The number of aromatic nitrogens is 2. The van der Waals surface area contributed by atoms with Crippen LogP contribution in [-0.4, -0.2) is 43.1 Å². The lowest BCUT2D eigenvalue weighted by atomic mass is 10.2. The highest BCUT2D eigenvalue weighted by Crippen LogP contribution is 2.23. The quantitative estimate of drug-likeness (QED) is 0.706. The number of hydrogen-bond acceptors (Lipinski definition) is 5. The standard InChI is InChI=1S/C20H19N3O5/c24-17-15(20(27)28)12-22-8-9-23(19(26)16(22)18(17)25)14-6-7-21(11-14)10-13-4-2-1-3-5-13/h1-5,8-9,12,14,25H,6-7,10-11H2,(H,27,28). The highest BCUT2D eigenvalue weighted by Gasteiger charge is 2.26. The molecule has 144 valence electrons. The van der Waals surface area contributed by atoms with Crippen molar-refractivity contribution < 1.29 is 15.0 Å². The van der Waals surface area contributed by atoms with Crippen molar-refractivity contribution in [1.29, 1.82) is 0 Å². The smallest absolute Gasteiger partial charge is 0.341 e. The summed E-state index contributed by atoms with van der Waals surface area (Å²) in [7, 11) is 0. The molecular formula is C20H19N3O5. The molecule has 4 rings (SSSR count). The number of carboxylic acid groups (broad SMARTS) is 1. The number of aromatic carboxylic acids is 1. The SMILES string of the molecule is O=C(O)c1cn2ccn(C3CCN(Cc4ccccc4)C3)c(=O)c2c(O)c1=O. The second kappa shape index (κ2) is 6.97. The normalized spacial score (nSPS) is 17.2. The number of hydrogen-bond donors (Lipinski definition) is 2. The van der Waals surface area contributed by atoms with Gasteiger partial charge in [-0.2, -0.15) is 0 Å². The summed E-state index contributed by atoms with van der Waals surface area (Å²) in [5, 5.41) is 19.2. The molecular weight excluding hydrogens is 362 g/mol. The monoisotopic (exact) mass is 381 g/mol. The van der Waals surface area contributed by atoms with Gasteiger partial charge in [-0.3, -0.25) is 14.5 Å². The third-order valence-electron chi connectivity index (χ3n) is 5.16. The van der Waals surface area contributed by atoms with E-state index in [1.54, 1.807) is 6.20 Å². The Hall–Kier alpha value is -3.39. The number of carboxylic acids is 1. The zero-order chi connectivity index (χ0) is 19.8. The zero-order valence-electron chi connectivity index (χ0n) is 15.0. The number of nitrogens with zero attached hydrogens (tertiary/aromatic N) is 3. The number of carbonyl (C=O) groups is 1. The van der Waals surface area contributed by atoms with Crippen LogP contribution in [0.3, 0.4) is 0 Å². The Morgan fingerprint density at radius 1 is 1.14 bits per heavy atom. The van der Waals surface area contributed by atoms with Crippen LogP contribution in [0.2, 0.25) is 0 Å². The molecule has 0 bridgehead atoms. The van der Waals surface area contributed by atoms with Crippen LogP contribution in [0.5, 0.6) is 5.75 Å². The van der Waals surface area contributed by atoms with Crippen LogP contribution in [0.1, 0.15) is 28.4 Å². The number of fused-ring (bicyclic) bond motifs is 1. The number of aromatic hydroxyl groups is 1. The molecule has 1 aliphatic rings. The average molecular weight is 381 g/mol. The van der Waals surface area contributed by atoms with Crippen LogP contribution in [0, 0.1) is 0 Å². The predicted octanol–water partition coefficient (Wildman–Crippen LogP) is 1.31. The lowest BCUT2D eigenvalue weighted by molar-refractivity contribution is 0.0694. The van der Waals surface area contributed by atoms with Gasteiger partial charge in [0.15, 0.2) is 11.3 Å². The third-order valence-corrected chi connectivity index (χ3v) is 5.16. The number of likely N-dealkylation sites (tertiary alicyclic amines) is 1. The van der Waals surface area contributed by atoms with Gasteiger partial charge in [0.2, 0.25) is 5.43 Å². The summed E-state index contributed by atoms with van der Waals surface area (Å²) in [5.74, 6) is -2.29. The lowest BCUT2D eigenvalue weighted by Crippen LogP contribution is -2.30. The van der Waals surface area contributed by atoms with Gasteiger partial charge in [-0.15, -0.1) is 0 Å². The molecule has 2 N–H and O–H groups in total. The molecule has 0 spiro atoms. The van der Waals surface area contributed by atoms with E-state index in [0.29, 0.717) is 6.54 Å². The predicted molar refractivity (Wildman–Crippen MR) is 102 cm³/mol. The van der Waals surface area contributed by atoms with E-state index >= 15 is 0 Å². The van der Waals surface area contributed by atoms with Crippen molar-refractivity contribution in [2.75, 3.05) is 13.1 Å². The largest absolute Gasteiger partial charge is 0.503 e. The molecule has 8 nitrogen and oxygen atoms in total. The van der Waals surface area contributed by atoms with E-state index in [1.165, 1.54) is 20.7 Å². The summed E-state index contributed by atoms with van der Waals surface area (Å²) >= 11 is 0. The Labute approximate surface area is 159 Å². The van der Waals surface area contributed by atoms with Crippen LogP contribution < -0.4 is 11.0 Å². The second-order valence-corrected chi connectivity index (χ2v) is 6.96. The summed E-state index contributed by atoms with van der Waals surface area (Å²) in [6, 6.07) is 9.97. The summed E-state index contributed by atoms with van der Waals surface area (Å²) < 4.78 is 2.70. The summed E-state index contributed by atoms with van der Waals surface area (Å²) in [5.41, 5.74) is -1.17. The molecule has 0 radical (unpaired) electrons. The van der Waals surface area contributed by atoms with Gasteiger partial charge in [0.25, 0.3) is 5.56 Å². The van der Waals surface area contributed by atoms with E-state index in [0.717, 1.165) is 25.7 Å². The van der Waals surface area contributed by atoms with Crippen LogP contribution in [0.15, 0.2) is 58.5 Å². The number of benzene rings is 1. The molecule has 0 amide bonds. The minimum Gasteiger partial charge on any atom is -0.503 e. The molecule has 1 aliphatic heterocycles. The van der Waals surface area contributed by atoms with E-state index in [4.69, 9.17) is 5.11 Å². The van der Waals surface area contributed by atoms with Crippen LogP contribution in [0.4, 0.5) is 0 Å². The maximum absolute atomic E-state index is 12.9. The fraction of sp³-hybridized carbons (Fsp3) is 0.250. The van der Waals surface area contributed by atoms with Crippen LogP contribution >= 0.6 is 0 Å². The molecule has 2 aromatic heterocycles. The molecule has 3 heterocycles. The van der Waals surface area contributed by atoms with E-state index < -0.39 is 28.3 Å². The highest BCUT2D eigenvalue weighted by molar-refractivity contribution is 5.88. The van der Waals surface area contributed by atoms with E-state index in [1.807, 2.05) is 18.2 Å². The fourth-order valence-electron chi connectivity index (χ4n) is 3.75. The molecule has 1 atom stereocenters. The number of rotatable bonds is 4. The first kappa shape index (κ1) is 18.0. The summed E-state index contributed by atoms with van der Waals surface area (Å²) in [4.78, 5) is 38.4. The molecule has 8 heteroatoms. The summed E-state index contributed by atoms with van der Waals surface area (Å²) in [6.07, 6.45) is 4.88. The van der Waals surface area contributed by atoms with Crippen molar-refractivity contribution in [2.24, 2.45) is 0 Å². The Bertz CT molecular complexity index is 1170.